The second-order valence-electron chi connectivity index (χ2n) is 6.73. The molecule has 0 spiro atoms. The summed E-state index contributed by atoms with van der Waals surface area (Å²) in [5.41, 5.74) is 2.21. The number of methoxy groups -OCH3 is 1. The van der Waals surface area contributed by atoms with E-state index in [9.17, 15) is 4.79 Å². The Hall–Kier alpha value is -2.87. The second kappa shape index (κ2) is 8.02. The third-order valence-corrected chi connectivity index (χ3v) is 5.15. The molecule has 1 atom stereocenters. The Morgan fingerprint density at radius 1 is 1.39 bits per heavy atom. The summed E-state index contributed by atoms with van der Waals surface area (Å²) in [6.45, 7) is 1.81. The summed E-state index contributed by atoms with van der Waals surface area (Å²) in [5, 5.41) is 3.18. The Kier molecular flexibility index (Phi) is 5.29. The number of H-pyrrole nitrogens is 1. The van der Waals surface area contributed by atoms with Crippen LogP contribution >= 0.6 is 11.6 Å². The van der Waals surface area contributed by atoms with Gasteiger partial charge in [0.1, 0.15) is 11.3 Å². The van der Waals surface area contributed by atoms with Crippen molar-refractivity contribution < 1.29 is 9.53 Å². The number of hydrogen-bond acceptors (Lipinski definition) is 6. The van der Waals surface area contributed by atoms with Gasteiger partial charge in [0.05, 0.1) is 19.4 Å². The molecule has 0 radical (unpaired) electrons. The van der Waals surface area contributed by atoms with Gasteiger partial charge in [0.25, 0.3) is 0 Å². The number of imidazole rings is 1. The van der Waals surface area contributed by atoms with E-state index in [4.69, 9.17) is 16.3 Å². The van der Waals surface area contributed by atoms with Gasteiger partial charge in [-0.1, -0.05) is 18.2 Å². The second-order valence-corrected chi connectivity index (χ2v) is 7.07. The molecule has 0 aliphatic carbocycles. The van der Waals surface area contributed by atoms with E-state index in [0.717, 1.165) is 36.2 Å². The van der Waals surface area contributed by atoms with Gasteiger partial charge in [0, 0.05) is 25.2 Å². The lowest BCUT2D eigenvalue weighted by Crippen LogP contribution is -2.43. The summed E-state index contributed by atoms with van der Waals surface area (Å²) in [4.78, 5) is 30.6. The largest absolute Gasteiger partial charge is 0.496 e. The summed E-state index contributed by atoms with van der Waals surface area (Å²) in [5.74, 6) is 1.35. The molecule has 2 aromatic heterocycles. The number of fused-ring (bicyclic) bond motifs is 1. The highest BCUT2D eigenvalue weighted by molar-refractivity contribution is 6.28. The normalized spacial score (nSPS) is 16.9. The first-order chi connectivity index (χ1) is 13.7. The summed E-state index contributed by atoms with van der Waals surface area (Å²) in [7, 11) is 1.63. The first-order valence-corrected chi connectivity index (χ1v) is 9.54. The molecule has 8 nitrogen and oxygen atoms in total. The third-order valence-electron chi connectivity index (χ3n) is 4.98. The predicted octanol–water partition coefficient (Wildman–Crippen LogP) is 2.55. The van der Waals surface area contributed by atoms with Gasteiger partial charge in [0.15, 0.2) is 11.5 Å². The number of carbonyl (C=O) groups excluding carboxylic acids is 1. The van der Waals surface area contributed by atoms with Crippen LogP contribution in [-0.2, 0) is 11.3 Å². The van der Waals surface area contributed by atoms with Crippen molar-refractivity contribution in [1.29, 1.82) is 0 Å². The van der Waals surface area contributed by atoms with Crippen LogP contribution in [0.3, 0.4) is 0 Å². The van der Waals surface area contributed by atoms with Crippen LogP contribution < -0.4 is 15.0 Å². The molecular weight excluding hydrogens is 380 g/mol. The highest BCUT2D eigenvalue weighted by Gasteiger charge is 2.28. The topological polar surface area (TPSA) is 96.0 Å². The first-order valence-electron chi connectivity index (χ1n) is 9.17. The molecule has 4 rings (SSSR count). The van der Waals surface area contributed by atoms with Crippen molar-refractivity contribution in [3.8, 4) is 5.75 Å². The quantitative estimate of drug-likeness (QED) is 0.639. The summed E-state index contributed by atoms with van der Waals surface area (Å²) in [6.07, 6.45) is 3.30. The summed E-state index contributed by atoms with van der Waals surface area (Å²) in [6, 6.07) is 7.68. The van der Waals surface area contributed by atoms with E-state index in [2.05, 4.69) is 30.2 Å². The van der Waals surface area contributed by atoms with Crippen LogP contribution in [-0.4, -0.2) is 46.0 Å². The van der Waals surface area contributed by atoms with Crippen molar-refractivity contribution in [2.24, 2.45) is 5.92 Å². The van der Waals surface area contributed by atoms with Crippen molar-refractivity contribution >= 4 is 34.5 Å². The van der Waals surface area contributed by atoms with Gasteiger partial charge >= 0.3 is 0 Å². The third kappa shape index (κ3) is 3.73. The fraction of sp³-hybridized carbons (Fsp3) is 0.368. The zero-order valence-electron chi connectivity index (χ0n) is 15.5. The molecule has 1 aromatic carbocycles. The van der Waals surface area contributed by atoms with Crippen molar-refractivity contribution in [3.63, 3.8) is 0 Å². The first kappa shape index (κ1) is 18.5. The van der Waals surface area contributed by atoms with Crippen molar-refractivity contribution in [3.05, 3.63) is 41.4 Å². The minimum Gasteiger partial charge on any atom is -0.496 e. The number of aromatic amines is 1. The molecule has 1 fully saturated rings. The fourth-order valence-corrected chi connectivity index (χ4v) is 3.74. The van der Waals surface area contributed by atoms with Gasteiger partial charge in [0.2, 0.25) is 11.2 Å². The van der Waals surface area contributed by atoms with Crippen LogP contribution in [0.1, 0.15) is 18.4 Å². The molecule has 1 saturated heterocycles. The molecule has 3 aromatic rings. The molecule has 1 aliphatic rings. The van der Waals surface area contributed by atoms with Gasteiger partial charge in [-0.2, -0.15) is 9.97 Å². The zero-order chi connectivity index (χ0) is 19.5. The van der Waals surface area contributed by atoms with Crippen LogP contribution in [0.25, 0.3) is 11.2 Å². The minimum absolute atomic E-state index is 0.0246. The van der Waals surface area contributed by atoms with Crippen LogP contribution in [0.5, 0.6) is 5.75 Å². The van der Waals surface area contributed by atoms with Gasteiger partial charge < -0.3 is 19.9 Å². The van der Waals surface area contributed by atoms with E-state index in [-0.39, 0.29) is 17.1 Å². The average molecular weight is 401 g/mol. The maximum absolute atomic E-state index is 12.8. The average Bonchev–Trinajstić information content (AvgIpc) is 3.20. The molecule has 1 amide bonds. The molecule has 0 bridgehead atoms. The van der Waals surface area contributed by atoms with E-state index < -0.39 is 0 Å². The number of benzene rings is 1. The number of carbonyl (C=O) groups is 1. The molecule has 2 N–H and O–H groups in total. The molecule has 3 heterocycles. The number of nitrogens with one attached hydrogen (secondary N) is 2. The van der Waals surface area contributed by atoms with Crippen LogP contribution in [0.4, 0.5) is 5.82 Å². The Balaban J connectivity index is 1.46. The molecule has 0 saturated carbocycles. The van der Waals surface area contributed by atoms with Crippen LogP contribution in [0.2, 0.25) is 5.28 Å². The number of amides is 1. The molecule has 146 valence electrons. The lowest BCUT2D eigenvalue weighted by atomic mass is 9.97. The number of nitrogens with zero attached hydrogens (tertiary/aromatic N) is 4. The van der Waals surface area contributed by atoms with E-state index in [1.54, 1.807) is 13.4 Å². The number of anilines is 1. The highest BCUT2D eigenvalue weighted by atomic mass is 35.5. The Labute approximate surface area is 167 Å². The maximum atomic E-state index is 12.8. The monoisotopic (exact) mass is 400 g/mol. The van der Waals surface area contributed by atoms with E-state index in [0.29, 0.717) is 24.6 Å². The van der Waals surface area contributed by atoms with Crippen molar-refractivity contribution in [2.45, 2.75) is 19.4 Å². The molecule has 1 aliphatic heterocycles. The maximum Gasteiger partial charge on any atom is 0.226 e. The van der Waals surface area contributed by atoms with Gasteiger partial charge in [-0.3, -0.25) is 4.79 Å². The zero-order valence-corrected chi connectivity index (χ0v) is 16.2. The lowest BCUT2D eigenvalue weighted by Gasteiger charge is -2.33. The SMILES string of the molecule is COc1ccccc1CNC(=O)[C@H]1CCCN(c2nc(Cl)nc3nc[nH]c23)C1. The Morgan fingerprint density at radius 2 is 2.25 bits per heavy atom. The van der Waals surface area contributed by atoms with E-state index in [1.165, 1.54) is 0 Å². The highest BCUT2D eigenvalue weighted by Crippen LogP contribution is 2.27. The standard InChI is InChI=1S/C19H21ClN6O2/c1-28-14-7-3-2-5-12(14)9-21-18(27)13-6-4-8-26(10-13)17-15-16(23-11-22-15)24-19(20)25-17/h2-3,5,7,11,13H,4,6,8-10H2,1H3,(H,21,27)(H,22,23,24,25)/t13-/m0/s1. The molecule has 28 heavy (non-hydrogen) atoms. The predicted molar refractivity (Wildman–Crippen MR) is 106 cm³/mol. The minimum atomic E-state index is -0.129. The van der Waals surface area contributed by atoms with Crippen LogP contribution in [0.15, 0.2) is 30.6 Å². The molecular formula is C19H21ClN6O2. The van der Waals surface area contributed by atoms with Crippen molar-refractivity contribution in [1.82, 2.24) is 25.3 Å². The fourth-order valence-electron chi connectivity index (χ4n) is 3.58. The molecule has 0 unspecified atom stereocenters. The van der Waals surface area contributed by atoms with Gasteiger partial charge in [-0.05, 0) is 30.5 Å². The Morgan fingerprint density at radius 3 is 3.11 bits per heavy atom. The van der Waals surface area contributed by atoms with Gasteiger partial charge in [-0.25, -0.2) is 4.98 Å². The van der Waals surface area contributed by atoms with E-state index >= 15 is 0 Å². The smallest absolute Gasteiger partial charge is 0.226 e. The number of piperidine rings is 1. The Bertz CT molecular complexity index is 991. The summed E-state index contributed by atoms with van der Waals surface area (Å²) >= 11 is 6.05. The number of aromatic nitrogens is 4. The lowest BCUT2D eigenvalue weighted by molar-refractivity contribution is -0.125. The number of halogens is 1. The number of ether oxygens (including phenoxy) is 1. The van der Waals surface area contributed by atoms with Crippen LogP contribution in [0, 0.1) is 5.92 Å². The summed E-state index contributed by atoms with van der Waals surface area (Å²) < 4.78 is 5.35. The number of rotatable bonds is 5. The number of hydrogen-bond donors (Lipinski definition) is 2. The molecule has 9 heteroatoms. The van der Waals surface area contributed by atoms with Gasteiger partial charge in [-0.15, -0.1) is 0 Å². The van der Waals surface area contributed by atoms with Crippen molar-refractivity contribution in [2.75, 3.05) is 25.1 Å². The number of para-hydroxylation sites is 1. The van der Waals surface area contributed by atoms with E-state index in [1.807, 2.05) is 24.3 Å².